The van der Waals surface area contributed by atoms with Crippen molar-refractivity contribution in [2.24, 2.45) is 0 Å². The van der Waals surface area contributed by atoms with E-state index in [0.717, 1.165) is 0 Å². The van der Waals surface area contributed by atoms with E-state index in [0.29, 0.717) is 0 Å². The summed E-state index contributed by atoms with van der Waals surface area (Å²) in [6, 6.07) is 10.5. The van der Waals surface area contributed by atoms with E-state index in [-0.39, 0.29) is 0 Å². The van der Waals surface area contributed by atoms with Crippen molar-refractivity contribution in [1.82, 2.24) is 0 Å². The molecule has 1 aromatic rings. The maximum absolute atomic E-state index is 4.58. The zero-order valence-corrected chi connectivity index (χ0v) is 8.23. The Bertz CT molecular complexity index is 200. The lowest BCUT2D eigenvalue weighted by atomic mass is 10.4. The molecule has 2 heteroatoms. The molecule has 0 N–H and O–H groups in total. The van der Waals surface area contributed by atoms with Crippen LogP contribution in [0.4, 0.5) is 0 Å². The first-order valence-corrected chi connectivity index (χ1v) is 7.67. The van der Waals surface area contributed by atoms with E-state index in [1.54, 1.807) is 0 Å². The fourth-order valence-electron chi connectivity index (χ4n) is 0.846. The number of hydrogen-bond donors (Lipinski definition) is 1. The molecule has 0 spiro atoms. The maximum Gasteiger partial charge on any atom is 0.137 e. The summed E-state index contributed by atoms with van der Waals surface area (Å²) in [4.78, 5) is 0. The highest BCUT2D eigenvalue weighted by Crippen LogP contribution is 2.06. The van der Waals surface area contributed by atoms with Crippen molar-refractivity contribution < 1.29 is 0 Å². The standard InChI is InChI=1S/C8H12SSi/c1-10(2,9)8-6-4-3-5-7-8/h3-7,9H,1-2H3. The van der Waals surface area contributed by atoms with Crippen LogP contribution >= 0.6 is 12.1 Å². The van der Waals surface area contributed by atoms with E-state index in [2.05, 4.69) is 49.4 Å². The van der Waals surface area contributed by atoms with Gasteiger partial charge in [0.2, 0.25) is 0 Å². The average Bonchev–Trinajstić information content (AvgIpc) is 1.88. The zero-order chi connectivity index (χ0) is 7.61. The van der Waals surface area contributed by atoms with Crippen LogP contribution in [0.15, 0.2) is 30.3 Å². The molecule has 0 aromatic heterocycles. The Hall–Kier alpha value is -0.213. The van der Waals surface area contributed by atoms with Crippen molar-refractivity contribution in [3.05, 3.63) is 30.3 Å². The summed E-state index contributed by atoms with van der Waals surface area (Å²) in [5, 5.41) is 1.40. The summed E-state index contributed by atoms with van der Waals surface area (Å²) >= 11 is 4.58. The average molecular weight is 168 g/mol. The van der Waals surface area contributed by atoms with Gasteiger partial charge in [0.25, 0.3) is 0 Å². The van der Waals surface area contributed by atoms with E-state index in [1.807, 2.05) is 6.07 Å². The predicted molar refractivity (Wildman–Crippen MR) is 52.5 cm³/mol. The van der Waals surface area contributed by atoms with Gasteiger partial charge in [-0.25, -0.2) is 0 Å². The van der Waals surface area contributed by atoms with Crippen molar-refractivity contribution in [2.75, 3.05) is 0 Å². The third kappa shape index (κ3) is 1.89. The monoisotopic (exact) mass is 168 g/mol. The molecule has 0 radical (unpaired) electrons. The highest BCUT2D eigenvalue weighted by Gasteiger charge is 2.16. The quantitative estimate of drug-likeness (QED) is 0.481. The Morgan fingerprint density at radius 3 is 1.90 bits per heavy atom. The Morgan fingerprint density at radius 1 is 1.10 bits per heavy atom. The van der Waals surface area contributed by atoms with Crippen LogP contribution in [0.2, 0.25) is 13.1 Å². The lowest BCUT2D eigenvalue weighted by Crippen LogP contribution is -2.34. The van der Waals surface area contributed by atoms with Gasteiger partial charge in [0.05, 0.1) is 0 Å². The predicted octanol–water partition coefficient (Wildman–Crippen LogP) is 2.03. The highest BCUT2D eigenvalue weighted by atomic mass is 32.3. The number of hydrogen-bond acceptors (Lipinski definition) is 1. The molecule has 0 amide bonds. The summed E-state index contributed by atoms with van der Waals surface area (Å²) < 4.78 is 0. The molecule has 0 unspecified atom stereocenters. The first-order valence-electron chi connectivity index (χ1n) is 3.38. The van der Waals surface area contributed by atoms with E-state index in [4.69, 9.17) is 0 Å². The molecule has 0 aliphatic rings. The third-order valence-electron chi connectivity index (χ3n) is 1.48. The SMILES string of the molecule is C[Si](C)(S)c1ccccc1. The zero-order valence-electron chi connectivity index (χ0n) is 6.33. The molecule has 10 heavy (non-hydrogen) atoms. The first-order chi connectivity index (χ1) is 4.61. The van der Waals surface area contributed by atoms with Gasteiger partial charge < -0.3 is 0 Å². The van der Waals surface area contributed by atoms with Crippen LogP contribution in [0.5, 0.6) is 0 Å². The summed E-state index contributed by atoms with van der Waals surface area (Å²) in [5.74, 6) is 0. The van der Waals surface area contributed by atoms with Crippen molar-refractivity contribution in [2.45, 2.75) is 13.1 Å². The van der Waals surface area contributed by atoms with Gasteiger partial charge in [-0.05, 0) is 5.19 Å². The Kier molecular flexibility index (Phi) is 2.21. The van der Waals surface area contributed by atoms with Crippen molar-refractivity contribution in [3.8, 4) is 0 Å². The van der Waals surface area contributed by atoms with Crippen LogP contribution in [0.1, 0.15) is 0 Å². The molecule has 0 saturated heterocycles. The molecule has 1 aromatic carbocycles. The van der Waals surface area contributed by atoms with E-state index >= 15 is 0 Å². The van der Waals surface area contributed by atoms with E-state index in [9.17, 15) is 0 Å². The van der Waals surface area contributed by atoms with E-state index in [1.165, 1.54) is 5.19 Å². The van der Waals surface area contributed by atoms with Crippen LogP contribution in [0.25, 0.3) is 0 Å². The molecular formula is C8H12SSi. The fraction of sp³-hybridized carbons (Fsp3) is 0.250. The number of rotatable bonds is 1. The maximum atomic E-state index is 4.58. The smallest absolute Gasteiger partial charge is 0.137 e. The number of benzene rings is 1. The molecule has 0 aliphatic heterocycles. The highest BCUT2D eigenvalue weighted by molar-refractivity contribution is 8.16. The minimum atomic E-state index is -1.34. The van der Waals surface area contributed by atoms with Gasteiger partial charge in [-0.2, -0.15) is 12.1 Å². The van der Waals surface area contributed by atoms with Gasteiger partial charge in [0, 0.05) is 0 Å². The van der Waals surface area contributed by atoms with Crippen LogP contribution in [-0.2, 0) is 0 Å². The van der Waals surface area contributed by atoms with Crippen LogP contribution < -0.4 is 5.19 Å². The Morgan fingerprint density at radius 2 is 1.60 bits per heavy atom. The van der Waals surface area contributed by atoms with Crippen molar-refractivity contribution in [1.29, 1.82) is 0 Å². The molecule has 0 atom stereocenters. The molecule has 0 heterocycles. The molecule has 0 fully saturated rings. The molecule has 54 valence electrons. The van der Waals surface area contributed by atoms with Gasteiger partial charge in [-0.3, -0.25) is 0 Å². The third-order valence-corrected chi connectivity index (χ3v) is 4.00. The van der Waals surface area contributed by atoms with Gasteiger partial charge in [0.1, 0.15) is 7.22 Å². The summed E-state index contributed by atoms with van der Waals surface area (Å²) in [6.07, 6.45) is 0. The molecule has 0 nitrogen and oxygen atoms in total. The molecule has 0 bridgehead atoms. The fourth-order valence-corrected chi connectivity index (χ4v) is 2.30. The lowest BCUT2D eigenvalue weighted by Gasteiger charge is -2.13. The van der Waals surface area contributed by atoms with Gasteiger partial charge in [0.15, 0.2) is 0 Å². The second-order valence-corrected chi connectivity index (χ2v) is 9.97. The summed E-state index contributed by atoms with van der Waals surface area (Å²) in [6.45, 7) is 4.46. The second-order valence-electron chi connectivity index (χ2n) is 2.93. The van der Waals surface area contributed by atoms with Crippen molar-refractivity contribution in [3.63, 3.8) is 0 Å². The normalized spacial score (nSPS) is 11.5. The van der Waals surface area contributed by atoms with Crippen LogP contribution in [0.3, 0.4) is 0 Å². The molecule has 0 aliphatic carbocycles. The lowest BCUT2D eigenvalue weighted by molar-refractivity contribution is 1.74. The summed E-state index contributed by atoms with van der Waals surface area (Å²) in [5.41, 5.74) is 0. The number of thiol groups is 1. The van der Waals surface area contributed by atoms with Gasteiger partial charge >= 0.3 is 0 Å². The van der Waals surface area contributed by atoms with E-state index < -0.39 is 7.22 Å². The minimum absolute atomic E-state index is 1.34. The minimum Gasteiger partial charge on any atom is -0.196 e. The Balaban J connectivity index is 2.97. The Labute approximate surface area is 68.3 Å². The van der Waals surface area contributed by atoms with Crippen LogP contribution in [-0.4, -0.2) is 7.22 Å². The molecular weight excluding hydrogens is 156 g/mol. The van der Waals surface area contributed by atoms with Crippen LogP contribution in [0, 0.1) is 0 Å². The first kappa shape index (κ1) is 7.89. The van der Waals surface area contributed by atoms with Crippen molar-refractivity contribution >= 4 is 24.5 Å². The molecule has 0 saturated carbocycles. The molecule has 1 rings (SSSR count). The van der Waals surface area contributed by atoms with Gasteiger partial charge in [-0.1, -0.05) is 43.4 Å². The topological polar surface area (TPSA) is 0 Å². The summed E-state index contributed by atoms with van der Waals surface area (Å²) in [7, 11) is -1.34. The van der Waals surface area contributed by atoms with Gasteiger partial charge in [-0.15, -0.1) is 0 Å². The largest absolute Gasteiger partial charge is 0.196 e. The second kappa shape index (κ2) is 2.80.